The van der Waals surface area contributed by atoms with E-state index in [4.69, 9.17) is 0 Å². The van der Waals surface area contributed by atoms with E-state index in [9.17, 15) is 13.2 Å². The Hall–Kier alpha value is -1.71. The number of nitrogens with zero attached hydrogens (tertiary/aromatic N) is 3. The van der Waals surface area contributed by atoms with Gasteiger partial charge in [-0.3, -0.25) is 4.79 Å². The summed E-state index contributed by atoms with van der Waals surface area (Å²) < 4.78 is 30.7. The Morgan fingerprint density at radius 3 is 2.42 bits per heavy atom. The predicted molar refractivity (Wildman–Crippen MR) is 123 cm³/mol. The van der Waals surface area contributed by atoms with Gasteiger partial charge in [0, 0.05) is 32.4 Å². The van der Waals surface area contributed by atoms with Crippen molar-refractivity contribution in [2.45, 2.75) is 75.6 Å². The molecule has 170 valence electrons. The van der Waals surface area contributed by atoms with Gasteiger partial charge in [-0.1, -0.05) is 25.7 Å². The largest absolute Gasteiger partial charge is 0.347 e. The molecule has 3 heterocycles. The lowest BCUT2D eigenvalue weighted by Crippen LogP contribution is -2.35. The standard InChI is InChI=1S/C22H32N4O3S2/c1-16-20(22(27)26-12-8-5-9-13-26)30-21(23-16)19-14-18(15-25(19)2)31(28,29)24-17-10-6-3-4-7-11-17/h14-15,17,24H,3-13H2,1-2H3. The van der Waals surface area contributed by atoms with Crippen LogP contribution in [0.25, 0.3) is 10.7 Å². The van der Waals surface area contributed by atoms with Gasteiger partial charge in [0.15, 0.2) is 0 Å². The molecule has 0 atom stereocenters. The lowest BCUT2D eigenvalue weighted by atomic mass is 10.1. The van der Waals surface area contributed by atoms with Crippen LogP contribution in [0, 0.1) is 6.92 Å². The van der Waals surface area contributed by atoms with Crippen molar-refractivity contribution in [1.29, 1.82) is 0 Å². The Balaban J connectivity index is 1.55. The zero-order valence-corrected chi connectivity index (χ0v) is 20.0. The van der Waals surface area contributed by atoms with Gasteiger partial charge in [0.2, 0.25) is 10.0 Å². The fourth-order valence-electron chi connectivity index (χ4n) is 4.52. The molecule has 0 spiro atoms. The van der Waals surface area contributed by atoms with Crippen LogP contribution in [0.2, 0.25) is 0 Å². The van der Waals surface area contributed by atoms with Crippen molar-refractivity contribution >= 4 is 27.3 Å². The number of hydrogen-bond acceptors (Lipinski definition) is 5. The molecule has 1 N–H and O–H groups in total. The number of aromatic nitrogens is 2. The summed E-state index contributed by atoms with van der Waals surface area (Å²) >= 11 is 1.35. The third kappa shape index (κ3) is 5.04. The van der Waals surface area contributed by atoms with Crippen LogP contribution in [0.5, 0.6) is 0 Å². The highest BCUT2D eigenvalue weighted by atomic mass is 32.2. The van der Waals surface area contributed by atoms with E-state index in [2.05, 4.69) is 9.71 Å². The Morgan fingerprint density at radius 2 is 1.74 bits per heavy atom. The number of hydrogen-bond donors (Lipinski definition) is 1. The van der Waals surface area contributed by atoms with E-state index in [1.54, 1.807) is 16.8 Å². The number of carbonyl (C=O) groups excluding carboxylic acids is 1. The Labute approximate surface area is 188 Å². The summed E-state index contributed by atoms with van der Waals surface area (Å²) in [6.45, 7) is 3.45. The van der Waals surface area contributed by atoms with E-state index < -0.39 is 10.0 Å². The average molecular weight is 465 g/mol. The molecular weight excluding hydrogens is 432 g/mol. The number of aryl methyl sites for hydroxylation is 2. The summed E-state index contributed by atoms with van der Waals surface area (Å²) in [6, 6.07) is 1.68. The van der Waals surface area contributed by atoms with Gasteiger partial charge in [-0.2, -0.15) is 0 Å². The van der Waals surface area contributed by atoms with E-state index in [-0.39, 0.29) is 16.8 Å². The monoisotopic (exact) mass is 464 g/mol. The van der Waals surface area contributed by atoms with Crippen LogP contribution in [0.1, 0.15) is 73.2 Å². The zero-order chi connectivity index (χ0) is 22.0. The van der Waals surface area contributed by atoms with Gasteiger partial charge in [0.1, 0.15) is 14.8 Å². The quantitative estimate of drug-likeness (QED) is 0.676. The molecule has 0 unspecified atom stereocenters. The number of nitrogens with one attached hydrogen (secondary N) is 1. The van der Waals surface area contributed by atoms with Gasteiger partial charge in [0.05, 0.1) is 11.4 Å². The minimum absolute atomic E-state index is 0.00651. The maximum absolute atomic E-state index is 13.0. The van der Waals surface area contributed by atoms with Gasteiger partial charge in [-0.25, -0.2) is 18.1 Å². The van der Waals surface area contributed by atoms with Crippen LogP contribution in [0.3, 0.4) is 0 Å². The maximum atomic E-state index is 13.0. The van der Waals surface area contributed by atoms with Crippen molar-refractivity contribution < 1.29 is 13.2 Å². The molecule has 1 saturated carbocycles. The fourth-order valence-corrected chi connectivity index (χ4v) is 6.99. The molecule has 2 fully saturated rings. The fraction of sp³-hybridized carbons (Fsp3) is 0.636. The van der Waals surface area contributed by atoms with Gasteiger partial charge in [0.25, 0.3) is 5.91 Å². The predicted octanol–water partition coefficient (Wildman–Crippen LogP) is 4.08. The average Bonchev–Trinajstić information content (AvgIpc) is 3.23. The molecule has 31 heavy (non-hydrogen) atoms. The SMILES string of the molecule is Cc1nc(-c2cc(S(=O)(=O)NC3CCCCCC3)cn2C)sc1C(=O)N1CCCCC1. The van der Waals surface area contributed by atoms with E-state index in [0.717, 1.165) is 51.6 Å². The first-order valence-electron chi connectivity index (χ1n) is 11.3. The normalized spacial score (nSPS) is 18.8. The number of amides is 1. The first-order chi connectivity index (χ1) is 14.8. The molecule has 9 heteroatoms. The number of carbonyl (C=O) groups is 1. The van der Waals surface area contributed by atoms with Crippen molar-refractivity contribution in [2.24, 2.45) is 7.05 Å². The van der Waals surface area contributed by atoms with Gasteiger partial charge >= 0.3 is 0 Å². The van der Waals surface area contributed by atoms with Crippen molar-refractivity contribution in [3.05, 3.63) is 22.8 Å². The molecule has 1 aliphatic carbocycles. The second-order valence-electron chi connectivity index (χ2n) is 8.77. The topological polar surface area (TPSA) is 84.3 Å². The summed E-state index contributed by atoms with van der Waals surface area (Å²) in [5.41, 5.74) is 1.42. The molecule has 7 nitrogen and oxygen atoms in total. The Morgan fingerprint density at radius 1 is 1.10 bits per heavy atom. The Kier molecular flexibility index (Phi) is 6.83. The van der Waals surface area contributed by atoms with Gasteiger partial charge in [-0.05, 0) is 45.1 Å². The molecule has 1 amide bonds. The highest BCUT2D eigenvalue weighted by molar-refractivity contribution is 7.89. The number of thiazole rings is 1. The van der Waals surface area contributed by atoms with E-state index >= 15 is 0 Å². The summed E-state index contributed by atoms with van der Waals surface area (Å²) in [5.74, 6) is 0.0398. The minimum atomic E-state index is -3.59. The first kappa shape index (κ1) is 22.5. The van der Waals surface area contributed by atoms with Crippen molar-refractivity contribution in [3.63, 3.8) is 0 Å². The summed E-state index contributed by atoms with van der Waals surface area (Å²) in [5, 5.41) is 0.677. The molecule has 2 aromatic heterocycles. The molecule has 1 aliphatic heterocycles. The van der Waals surface area contributed by atoms with Gasteiger partial charge in [-0.15, -0.1) is 11.3 Å². The third-order valence-corrected chi connectivity index (χ3v) is 8.98. The highest BCUT2D eigenvalue weighted by Crippen LogP contribution is 2.32. The molecular formula is C22H32N4O3S2. The lowest BCUT2D eigenvalue weighted by molar-refractivity contribution is 0.0728. The van der Waals surface area contributed by atoms with E-state index in [1.165, 1.54) is 30.6 Å². The van der Waals surface area contributed by atoms with Crippen LogP contribution in [-0.2, 0) is 17.1 Å². The van der Waals surface area contributed by atoms with E-state index in [0.29, 0.717) is 21.3 Å². The molecule has 1 saturated heterocycles. The van der Waals surface area contributed by atoms with Crippen LogP contribution >= 0.6 is 11.3 Å². The molecule has 0 radical (unpaired) electrons. The second-order valence-corrected chi connectivity index (χ2v) is 11.5. The molecule has 2 aliphatic rings. The summed E-state index contributed by atoms with van der Waals surface area (Å²) in [7, 11) is -1.77. The van der Waals surface area contributed by atoms with Crippen LogP contribution in [0.15, 0.2) is 17.2 Å². The molecule has 0 bridgehead atoms. The third-order valence-electron chi connectivity index (χ3n) is 6.32. The number of rotatable bonds is 5. The van der Waals surface area contributed by atoms with Crippen molar-refractivity contribution in [3.8, 4) is 10.7 Å². The second kappa shape index (κ2) is 9.42. The highest BCUT2D eigenvalue weighted by Gasteiger charge is 2.26. The van der Waals surface area contributed by atoms with Gasteiger partial charge < -0.3 is 9.47 Å². The molecule has 2 aromatic rings. The first-order valence-corrected chi connectivity index (χ1v) is 13.6. The summed E-state index contributed by atoms with van der Waals surface area (Å²) in [6.07, 6.45) is 11.2. The number of sulfonamides is 1. The van der Waals surface area contributed by atoms with Crippen molar-refractivity contribution in [1.82, 2.24) is 19.2 Å². The van der Waals surface area contributed by atoms with Crippen LogP contribution in [0.4, 0.5) is 0 Å². The summed E-state index contributed by atoms with van der Waals surface area (Å²) in [4.78, 5) is 20.4. The minimum Gasteiger partial charge on any atom is -0.347 e. The lowest BCUT2D eigenvalue weighted by Gasteiger charge is -2.26. The molecule has 0 aromatic carbocycles. The van der Waals surface area contributed by atoms with Crippen LogP contribution in [-0.4, -0.2) is 47.9 Å². The zero-order valence-electron chi connectivity index (χ0n) is 18.4. The Bertz CT molecular complexity index is 1030. The van der Waals surface area contributed by atoms with E-state index in [1.807, 2.05) is 18.9 Å². The maximum Gasteiger partial charge on any atom is 0.265 e. The van der Waals surface area contributed by atoms with Crippen molar-refractivity contribution in [2.75, 3.05) is 13.1 Å². The molecule has 4 rings (SSSR count). The smallest absolute Gasteiger partial charge is 0.265 e. The number of piperidine rings is 1. The van der Waals surface area contributed by atoms with Crippen LogP contribution < -0.4 is 4.72 Å². The number of likely N-dealkylation sites (tertiary alicyclic amines) is 1.